The van der Waals surface area contributed by atoms with Gasteiger partial charge in [-0.1, -0.05) is 18.3 Å². The Morgan fingerprint density at radius 1 is 1.56 bits per heavy atom. The van der Waals surface area contributed by atoms with Crippen LogP contribution in [-0.4, -0.2) is 23.1 Å². The lowest BCUT2D eigenvalue weighted by atomic mass is 9.85. The molecule has 0 amide bonds. The Balaban J connectivity index is 2.10. The van der Waals surface area contributed by atoms with Crippen LogP contribution in [0.5, 0.6) is 0 Å². The third kappa shape index (κ3) is 1.44. The molecule has 1 fully saturated rings. The normalized spacial score (nSPS) is 25.3. The third-order valence-corrected chi connectivity index (χ3v) is 4.77. The summed E-state index contributed by atoms with van der Waals surface area (Å²) in [6.45, 7) is 4.42. The van der Waals surface area contributed by atoms with Gasteiger partial charge in [-0.15, -0.1) is 0 Å². The van der Waals surface area contributed by atoms with Gasteiger partial charge in [0, 0.05) is 18.2 Å². The third-order valence-electron chi connectivity index (χ3n) is 3.54. The molecule has 1 aliphatic heterocycles. The zero-order chi connectivity index (χ0) is 11.0. The van der Waals surface area contributed by atoms with Crippen molar-refractivity contribution >= 4 is 21.7 Å². The predicted octanol–water partition coefficient (Wildman–Crippen LogP) is 2.33. The van der Waals surface area contributed by atoms with Crippen molar-refractivity contribution in [2.75, 3.05) is 13.1 Å². The minimum absolute atomic E-state index is 0.255. The molecule has 1 atom stereocenters. The van der Waals surface area contributed by atoms with Crippen LogP contribution in [0.15, 0.2) is 18.3 Å². The maximum atomic E-state index is 4.75. The number of fused-ring (bicyclic) bond motifs is 1. The SMILES string of the molecule is CCC1(c2nc3cccnc3s2)CCNC1. The fourth-order valence-electron chi connectivity index (χ4n) is 2.38. The van der Waals surface area contributed by atoms with Crippen molar-refractivity contribution in [2.45, 2.75) is 25.2 Å². The van der Waals surface area contributed by atoms with E-state index in [1.54, 1.807) is 11.3 Å². The Morgan fingerprint density at radius 3 is 3.19 bits per heavy atom. The molecule has 1 N–H and O–H groups in total. The fourth-order valence-corrected chi connectivity index (χ4v) is 3.57. The van der Waals surface area contributed by atoms with Crippen molar-refractivity contribution < 1.29 is 0 Å². The summed E-state index contributed by atoms with van der Waals surface area (Å²) < 4.78 is 0. The highest BCUT2D eigenvalue weighted by Gasteiger charge is 2.36. The molecule has 3 rings (SSSR count). The van der Waals surface area contributed by atoms with E-state index in [4.69, 9.17) is 4.98 Å². The summed E-state index contributed by atoms with van der Waals surface area (Å²) in [5, 5.41) is 4.71. The molecule has 84 valence electrons. The number of nitrogens with one attached hydrogen (secondary N) is 1. The standard InChI is InChI=1S/C12H15N3S/c1-2-12(5-7-13-8-12)11-15-9-4-3-6-14-10(9)16-11/h3-4,6,13H,2,5,7-8H2,1H3. The van der Waals surface area contributed by atoms with Crippen molar-refractivity contribution in [3.8, 4) is 0 Å². The molecule has 0 bridgehead atoms. The predicted molar refractivity (Wildman–Crippen MR) is 66.9 cm³/mol. The van der Waals surface area contributed by atoms with E-state index in [9.17, 15) is 0 Å². The number of rotatable bonds is 2. The Morgan fingerprint density at radius 2 is 2.50 bits per heavy atom. The van der Waals surface area contributed by atoms with Crippen LogP contribution in [0.25, 0.3) is 10.3 Å². The monoisotopic (exact) mass is 233 g/mol. The van der Waals surface area contributed by atoms with Crippen molar-refractivity contribution in [2.24, 2.45) is 0 Å². The molecule has 1 saturated heterocycles. The van der Waals surface area contributed by atoms with Gasteiger partial charge in [-0.3, -0.25) is 0 Å². The molecule has 0 saturated carbocycles. The summed E-state index contributed by atoms with van der Waals surface area (Å²) in [6.07, 6.45) is 4.19. The van der Waals surface area contributed by atoms with Gasteiger partial charge in [-0.2, -0.15) is 0 Å². The molecule has 3 nitrogen and oxygen atoms in total. The van der Waals surface area contributed by atoms with Crippen LogP contribution >= 0.6 is 11.3 Å². The van der Waals surface area contributed by atoms with Crippen LogP contribution in [0.2, 0.25) is 0 Å². The van der Waals surface area contributed by atoms with Crippen LogP contribution in [0.3, 0.4) is 0 Å². The summed E-state index contributed by atoms with van der Waals surface area (Å²) in [5.74, 6) is 0. The largest absolute Gasteiger partial charge is 0.316 e. The molecular formula is C12H15N3S. The van der Waals surface area contributed by atoms with Gasteiger partial charge in [0.05, 0.1) is 0 Å². The van der Waals surface area contributed by atoms with Crippen molar-refractivity contribution in [1.29, 1.82) is 0 Å². The highest BCUT2D eigenvalue weighted by molar-refractivity contribution is 7.18. The van der Waals surface area contributed by atoms with E-state index >= 15 is 0 Å². The zero-order valence-corrected chi connectivity index (χ0v) is 10.2. The first kappa shape index (κ1) is 10.2. The number of pyridine rings is 1. The number of hydrogen-bond acceptors (Lipinski definition) is 4. The molecule has 1 unspecified atom stereocenters. The quantitative estimate of drug-likeness (QED) is 0.865. The van der Waals surface area contributed by atoms with Crippen LogP contribution in [0.4, 0.5) is 0 Å². The molecular weight excluding hydrogens is 218 g/mol. The first-order valence-corrected chi connectivity index (χ1v) is 6.58. The lowest BCUT2D eigenvalue weighted by molar-refractivity contribution is 0.452. The topological polar surface area (TPSA) is 37.8 Å². The summed E-state index contributed by atoms with van der Waals surface area (Å²) in [4.78, 5) is 10.2. The van der Waals surface area contributed by atoms with Crippen molar-refractivity contribution in [3.63, 3.8) is 0 Å². The second-order valence-electron chi connectivity index (χ2n) is 4.41. The first-order valence-electron chi connectivity index (χ1n) is 5.77. The van der Waals surface area contributed by atoms with Gasteiger partial charge in [-0.05, 0) is 31.5 Å². The summed E-state index contributed by atoms with van der Waals surface area (Å²) in [7, 11) is 0. The highest BCUT2D eigenvalue weighted by Crippen LogP contribution is 2.37. The highest BCUT2D eigenvalue weighted by atomic mass is 32.1. The van der Waals surface area contributed by atoms with E-state index in [2.05, 4.69) is 17.2 Å². The minimum atomic E-state index is 0.255. The fraction of sp³-hybridized carbons (Fsp3) is 0.500. The average Bonchev–Trinajstić information content (AvgIpc) is 2.96. The van der Waals surface area contributed by atoms with Crippen LogP contribution in [0.1, 0.15) is 24.8 Å². The smallest absolute Gasteiger partial charge is 0.143 e. The lowest BCUT2D eigenvalue weighted by Gasteiger charge is -2.23. The summed E-state index contributed by atoms with van der Waals surface area (Å²) in [5.41, 5.74) is 1.30. The molecule has 2 aromatic heterocycles. The lowest BCUT2D eigenvalue weighted by Crippen LogP contribution is -2.27. The first-order chi connectivity index (χ1) is 7.84. The molecule has 0 radical (unpaired) electrons. The molecule has 0 aromatic carbocycles. The molecule has 1 aliphatic rings. The number of hydrogen-bond donors (Lipinski definition) is 1. The van der Waals surface area contributed by atoms with E-state index in [1.807, 2.05) is 18.3 Å². The van der Waals surface area contributed by atoms with Gasteiger partial charge in [0.25, 0.3) is 0 Å². The van der Waals surface area contributed by atoms with Gasteiger partial charge < -0.3 is 5.32 Å². The van der Waals surface area contributed by atoms with Gasteiger partial charge >= 0.3 is 0 Å². The number of thiazole rings is 1. The maximum absolute atomic E-state index is 4.75. The van der Waals surface area contributed by atoms with Gasteiger partial charge in [0.2, 0.25) is 0 Å². The molecule has 0 aliphatic carbocycles. The Labute approximate surface area is 98.9 Å². The van der Waals surface area contributed by atoms with Gasteiger partial charge in [0.15, 0.2) is 0 Å². The molecule has 2 aromatic rings. The van der Waals surface area contributed by atoms with E-state index < -0.39 is 0 Å². The Bertz CT molecular complexity index is 467. The second kappa shape index (κ2) is 3.79. The van der Waals surface area contributed by atoms with Gasteiger partial charge in [0.1, 0.15) is 15.4 Å². The minimum Gasteiger partial charge on any atom is -0.316 e. The van der Waals surface area contributed by atoms with E-state index in [0.717, 1.165) is 29.9 Å². The zero-order valence-electron chi connectivity index (χ0n) is 9.36. The average molecular weight is 233 g/mol. The molecule has 4 heteroatoms. The van der Waals surface area contributed by atoms with Crippen molar-refractivity contribution in [1.82, 2.24) is 15.3 Å². The summed E-state index contributed by atoms with van der Waals surface area (Å²) >= 11 is 1.76. The number of nitrogens with zero attached hydrogens (tertiary/aromatic N) is 2. The number of aromatic nitrogens is 2. The second-order valence-corrected chi connectivity index (χ2v) is 5.38. The van der Waals surface area contributed by atoms with Crippen LogP contribution < -0.4 is 5.32 Å². The van der Waals surface area contributed by atoms with E-state index in [1.165, 1.54) is 11.4 Å². The van der Waals surface area contributed by atoms with E-state index in [-0.39, 0.29) is 5.41 Å². The molecule has 16 heavy (non-hydrogen) atoms. The summed E-state index contributed by atoms with van der Waals surface area (Å²) in [6, 6.07) is 4.01. The molecule has 0 spiro atoms. The van der Waals surface area contributed by atoms with Crippen LogP contribution in [0, 0.1) is 0 Å². The van der Waals surface area contributed by atoms with E-state index in [0.29, 0.717) is 0 Å². The van der Waals surface area contributed by atoms with Crippen molar-refractivity contribution in [3.05, 3.63) is 23.3 Å². The Kier molecular flexibility index (Phi) is 2.41. The molecule has 3 heterocycles. The van der Waals surface area contributed by atoms with Crippen LogP contribution in [-0.2, 0) is 5.41 Å². The maximum Gasteiger partial charge on any atom is 0.143 e. The van der Waals surface area contributed by atoms with Gasteiger partial charge in [-0.25, -0.2) is 9.97 Å². The Hall–Kier alpha value is -1.00.